The standard InChI is InChI=1S/C21H31N4O15P/c22-5-8(27)3-9-10(28)4-21(19(33)34,39-17(9)14(30)11(29)6-26)40-41(36)37-7-12-15(31)16(32)18(38-12)25-2-1-13(23)24-20(25)35/h1-2,9-12,14-18,26,28-32H,3-7,22H2,(H2-,23,24,33,34,35)/p+1/t9-,10-,11-,12-,14-,15+,16?,17?,18-,21-/m1/s1. The average molecular weight is 611 g/mol. The molecule has 11 N–H and O–H groups in total. The number of carboxylic acid groups (broad SMARTS) is 1. The van der Waals surface area contributed by atoms with Gasteiger partial charge in [-0.2, -0.15) is 4.98 Å². The molecule has 3 heterocycles. The van der Waals surface area contributed by atoms with Gasteiger partial charge < -0.3 is 56.7 Å². The Bertz CT molecular complexity index is 1170. The van der Waals surface area contributed by atoms with Gasteiger partial charge in [-0.15, -0.1) is 4.52 Å². The molecular weight excluding hydrogens is 579 g/mol. The first kappa shape index (κ1) is 33.0. The predicted octanol–water partition coefficient (Wildman–Crippen LogP) is -4.69. The van der Waals surface area contributed by atoms with Crippen LogP contribution in [0, 0.1) is 5.92 Å². The van der Waals surface area contributed by atoms with Crippen LogP contribution in [0.1, 0.15) is 19.1 Å². The smallest absolute Gasteiger partial charge is 0.477 e. The number of nitrogens with zero attached hydrogens (tertiary/aromatic N) is 2. The molecule has 0 spiro atoms. The second-order valence-corrected chi connectivity index (χ2v) is 10.4. The normalized spacial score (nSPS) is 33.7. The third kappa shape index (κ3) is 7.28. The Labute approximate surface area is 231 Å². The number of aliphatic hydroxyl groups excluding tert-OH is 6. The van der Waals surface area contributed by atoms with E-state index in [1.165, 1.54) is 6.07 Å². The second kappa shape index (κ2) is 13.6. The van der Waals surface area contributed by atoms with Crippen LogP contribution in [0.25, 0.3) is 0 Å². The average Bonchev–Trinajstić information content (AvgIpc) is 3.20. The first-order chi connectivity index (χ1) is 19.2. The molecule has 2 aliphatic rings. The number of aliphatic hydroxyl groups is 6. The van der Waals surface area contributed by atoms with Crippen molar-refractivity contribution in [3.8, 4) is 0 Å². The maximum Gasteiger partial charge on any atom is 0.701 e. The fourth-order valence-corrected chi connectivity index (χ4v) is 5.24. The lowest BCUT2D eigenvalue weighted by atomic mass is 9.80. The van der Waals surface area contributed by atoms with Gasteiger partial charge >= 0.3 is 25.7 Å². The van der Waals surface area contributed by atoms with E-state index in [2.05, 4.69) is 4.98 Å². The van der Waals surface area contributed by atoms with Gasteiger partial charge in [0.15, 0.2) is 6.23 Å². The van der Waals surface area contributed by atoms with E-state index in [9.17, 15) is 54.7 Å². The Kier molecular flexibility index (Phi) is 11.0. The summed E-state index contributed by atoms with van der Waals surface area (Å²) in [5.74, 6) is -6.86. The highest BCUT2D eigenvalue weighted by molar-refractivity contribution is 7.33. The minimum atomic E-state index is -3.44. The summed E-state index contributed by atoms with van der Waals surface area (Å²) in [5.41, 5.74) is 9.83. The number of aromatic nitrogens is 2. The fourth-order valence-electron chi connectivity index (χ4n) is 4.48. The number of Topliss-reactive ketones (excluding diaryl/α,β-unsaturated/α-hetero) is 1. The quantitative estimate of drug-likeness (QED) is 0.0946. The van der Waals surface area contributed by atoms with Crippen LogP contribution >= 0.6 is 8.25 Å². The second-order valence-electron chi connectivity index (χ2n) is 9.46. The van der Waals surface area contributed by atoms with Gasteiger partial charge in [-0.1, -0.05) is 4.52 Å². The van der Waals surface area contributed by atoms with Crippen molar-refractivity contribution < 1.29 is 68.4 Å². The van der Waals surface area contributed by atoms with Crippen molar-refractivity contribution in [2.75, 3.05) is 25.5 Å². The highest BCUT2D eigenvalue weighted by Gasteiger charge is 2.60. The van der Waals surface area contributed by atoms with Crippen LogP contribution in [-0.2, 0) is 32.7 Å². The summed E-state index contributed by atoms with van der Waals surface area (Å²) < 4.78 is 34.3. The zero-order valence-corrected chi connectivity index (χ0v) is 22.2. The monoisotopic (exact) mass is 611 g/mol. The Balaban J connectivity index is 1.74. The first-order valence-electron chi connectivity index (χ1n) is 12.2. The molecule has 41 heavy (non-hydrogen) atoms. The molecule has 20 heteroatoms. The summed E-state index contributed by atoms with van der Waals surface area (Å²) in [6, 6.07) is 1.24. The van der Waals surface area contributed by atoms with Crippen LogP contribution in [0.5, 0.6) is 0 Å². The van der Waals surface area contributed by atoms with Crippen molar-refractivity contribution >= 4 is 25.8 Å². The lowest BCUT2D eigenvalue weighted by Gasteiger charge is -2.44. The van der Waals surface area contributed by atoms with E-state index in [0.29, 0.717) is 0 Å². The van der Waals surface area contributed by atoms with Crippen molar-refractivity contribution in [3.05, 3.63) is 22.7 Å². The lowest BCUT2D eigenvalue weighted by molar-refractivity contribution is -0.294. The minimum absolute atomic E-state index is 0.103. The highest BCUT2D eigenvalue weighted by atomic mass is 31.1. The maximum atomic E-state index is 12.7. The SMILES string of the molecule is NCC(=O)C[C@H]1C([C@H](O)[C@H](O)CO)O[C@](O[P+](=O)OC[C@H]2O[C@@H](n3ccc(N)nc3=O)C(O)[C@H]2O)(C(=O)O)C[C@H]1O. The van der Waals surface area contributed by atoms with Crippen molar-refractivity contribution in [2.45, 2.75) is 67.6 Å². The number of anilines is 1. The van der Waals surface area contributed by atoms with Gasteiger partial charge in [0.1, 0.15) is 48.7 Å². The van der Waals surface area contributed by atoms with Crippen LogP contribution in [0.2, 0.25) is 0 Å². The number of rotatable bonds is 13. The van der Waals surface area contributed by atoms with Crippen molar-refractivity contribution in [2.24, 2.45) is 11.7 Å². The van der Waals surface area contributed by atoms with Gasteiger partial charge in [0.25, 0.3) is 0 Å². The number of ketones is 1. The van der Waals surface area contributed by atoms with Crippen LogP contribution in [0.3, 0.4) is 0 Å². The summed E-state index contributed by atoms with van der Waals surface area (Å²) in [6.07, 6.45) is -13.9. The Morgan fingerprint density at radius 1 is 1.27 bits per heavy atom. The zero-order valence-electron chi connectivity index (χ0n) is 21.3. The molecule has 19 nitrogen and oxygen atoms in total. The molecule has 0 saturated carbocycles. The molecule has 2 fully saturated rings. The van der Waals surface area contributed by atoms with Crippen LogP contribution in [-0.4, -0.2) is 125 Å². The number of carboxylic acids is 1. The topological polar surface area (TPSA) is 317 Å². The molecule has 2 saturated heterocycles. The molecule has 3 rings (SSSR count). The molecule has 1 aromatic rings. The molecule has 0 amide bonds. The summed E-state index contributed by atoms with van der Waals surface area (Å²) >= 11 is 0. The van der Waals surface area contributed by atoms with Crippen molar-refractivity contribution in [1.29, 1.82) is 0 Å². The number of carbonyl (C=O) groups excluding carboxylic acids is 1. The summed E-state index contributed by atoms with van der Waals surface area (Å²) in [4.78, 5) is 39.7. The zero-order chi connectivity index (χ0) is 30.6. The van der Waals surface area contributed by atoms with E-state index in [1.54, 1.807) is 0 Å². The number of hydrogen-bond acceptors (Lipinski definition) is 17. The van der Waals surface area contributed by atoms with E-state index >= 15 is 0 Å². The molecule has 11 atom stereocenters. The Morgan fingerprint density at radius 3 is 2.54 bits per heavy atom. The Morgan fingerprint density at radius 2 is 1.95 bits per heavy atom. The number of nitrogens with two attached hydrogens (primary N) is 2. The number of nitrogen functional groups attached to an aromatic ring is 1. The molecular formula is C21H32N4O15P+. The van der Waals surface area contributed by atoms with E-state index in [4.69, 9.17) is 30.0 Å². The van der Waals surface area contributed by atoms with E-state index in [0.717, 1.165) is 10.8 Å². The molecule has 0 bridgehead atoms. The summed E-state index contributed by atoms with van der Waals surface area (Å²) in [5, 5.41) is 70.8. The number of hydrogen-bond donors (Lipinski definition) is 9. The van der Waals surface area contributed by atoms with Crippen LogP contribution < -0.4 is 17.2 Å². The lowest BCUT2D eigenvalue weighted by Crippen LogP contribution is -2.61. The molecule has 2 aliphatic heterocycles. The third-order valence-electron chi connectivity index (χ3n) is 6.68. The molecule has 230 valence electrons. The molecule has 0 aromatic carbocycles. The Hall–Kier alpha value is -2.52. The van der Waals surface area contributed by atoms with Gasteiger partial charge in [0.2, 0.25) is 0 Å². The maximum absolute atomic E-state index is 12.7. The number of ether oxygens (including phenoxy) is 2. The summed E-state index contributed by atoms with van der Waals surface area (Å²) in [6.45, 7) is -2.21. The van der Waals surface area contributed by atoms with Crippen molar-refractivity contribution in [3.63, 3.8) is 0 Å². The molecule has 1 aromatic heterocycles. The molecule has 0 radical (unpaired) electrons. The largest absolute Gasteiger partial charge is 0.701 e. The summed E-state index contributed by atoms with van der Waals surface area (Å²) in [7, 11) is -3.44. The molecule has 3 unspecified atom stereocenters. The van der Waals surface area contributed by atoms with Gasteiger partial charge in [-0.3, -0.25) is 9.36 Å². The number of carbonyl (C=O) groups is 2. The van der Waals surface area contributed by atoms with E-state index in [1.807, 2.05) is 0 Å². The van der Waals surface area contributed by atoms with Gasteiger partial charge in [0.05, 0.1) is 25.4 Å². The number of aliphatic carboxylic acids is 1. The third-order valence-corrected chi connectivity index (χ3v) is 7.49. The fraction of sp³-hybridized carbons (Fsp3) is 0.714. The predicted molar refractivity (Wildman–Crippen MR) is 131 cm³/mol. The first-order valence-corrected chi connectivity index (χ1v) is 13.3. The van der Waals surface area contributed by atoms with Gasteiger partial charge in [-0.05, 0) is 6.07 Å². The van der Waals surface area contributed by atoms with E-state index in [-0.39, 0.29) is 5.82 Å². The molecule has 0 aliphatic carbocycles. The van der Waals surface area contributed by atoms with Crippen LogP contribution in [0.4, 0.5) is 5.82 Å². The highest BCUT2D eigenvalue weighted by Crippen LogP contribution is 2.44. The van der Waals surface area contributed by atoms with E-state index < -0.39 is 119 Å². The van der Waals surface area contributed by atoms with Gasteiger partial charge in [-0.25, -0.2) is 9.59 Å². The minimum Gasteiger partial charge on any atom is -0.477 e. The van der Waals surface area contributed by atoms with Gasteiger partial charge in [0, 0.05) is 29.5 Å². The van der Waals surface area contributed by atoms with Crippen molar-refractivity contribution in [1.82, 2.24) is 9.55 Å². The van der Waals surface area contributed by atoms with Crippen LogP contribution in [0.15, 0.2) is 17.1 Å².